The van der Waals surface area contributed by atoms with Gasteiger partial charge in [-0.3, -0.25) is 4.99 Å². The van der Waals surface area contributed by atoms with Crippen molar-refractivity contribution < 1.29 is 0 Å². The van der Waals surface area contributed by atoms with Crippen molar-refractivity contribution in [3.63, 3.8) is 0 Å². The Kier molecular flexibility index (Phi) is 2.53. The molecule has 74 valence electrons. The summed E-state index contributed by atoms with van der Waals surface area (Å²) in [5.41, 5.74) is 6.90. The van der Waals surface area contributed by atoms with Gasteiger partial charge in [0.1, 0.15) is 5.84 Å². The van der Waals surface area contributed by atoms with E-state index >= 15 is 0 Å². The molecule has 0 saturated heterocycles. The highest BCUT2D eigenvalue weighted by molar-refractivity contribution is 5.97. The molecule has 2 unspecified atom stereocenters. The van der Waals surface area contributed by atoms with Gasteiger partial charge in [0.15, 0.2) is 0 Å². The third-order valence-corrected chi connectivity index (χ3v) is 2.84. The molecule has 2 heteroatoms. The Bertz CT molecular complexity index is 329. The van der Waals surface area contributed by atoms with Gasteiger partial charge in [-0.25, -0.2) is 0 Å². The molecular weight excluding hydrogens is 172 g/mol. The Morgan fingerprint density at radius 2 is 2.07 bits per heavy atom. The smallest absolute Gasteiger partial charge is 0.125 e. The van der Waals surface area contributed by atoms with Gasteiger partial charge in [0, 0.05) is 12.1 Å². The highest BCUT2D eigenvalue weighted by Crippen LogP contribution is 2.37. The molecule has 1 aromatic carbocycles. The number of amidine groups is 1. The predicted octanol–water partition coefficient (Wildman–Crippen LogP) is 2.05. The predicted molar refractivity (Wildman–Crippen MR) is 59.3 cm³/mol. The van der Waals surface area contributed by atoms with Crippen LogP contribution in [0.5, 0.6) is 0 Å². The molecule has 0 radical (unpaired) electrons. The van der Waals surface area contributed by atoms with Crippen LogP contribution in [0.1, 0.15) is 18.9 Å². The molecule has 0 spiro atoms. The van der Waals surface area contributed by atoms with Crippen molar-refractivity contribution in [3.8, 4) is 0 Å². The minimum atomic E-state index is 0.671. The average molecular weight is 188 g/mol. The molecule has 2 atom stereocenters. The lowest BCUT2D eigenvalue weighted by Gasteiger charge is -1.99. The molecule has 0 aliphatic heterocycles. The highest BCUT2D eigenvalue weighted by Gasteiger charge is 2.31. The molecule has 14 heavy (non-hydrogen) atoms. The van der Waals surface area contributed by atoms with Crippen LogP contribution in [0.4, 0.5) is 0 Å². The van der Waals surface area contributed by atoms with E-state index in [9.17, 15) is 0 Å². The normalized spacial score (nSPS) is 26.2. The summed E-state index contributed by atoms with van der Waals surface area (Å²) in [6, 6.07) is 9.94. The fourth-order valence-corrected chi connectivity index (χ4v) is 1.57. The van der Waals surface area contributed by atoms with E-state index in [1.54, 1.807) is 0 Å². The van der Waals surface area contributed by atoms with Gasteiger partial charge in [-0.15, -0.1) is 0 Å². The van der Waals surface area contributed by atoms with Crippen LogP contribution in [0.2, 0.25) is 0 Å². The molecule has 1 aliphatic carbocycles. The number of nitrogens with zero attached hydrogens (tertiary/aromatic N) is 1. The zero-order chi connectivity index (χ0) is 9.97. The summed E-state index contributed by atoms with van der Waals surface area (Å²) < 4.78 is 0. The zero-order valence-corrected chi connectivity index (χ0v) is 8.48. The SMILES string of the molecule is CC1CC1CN=C(N)c1ccccc1. The van der Waals surface area contributed by atoms with Crippen LogP contribution in [0, 0.1) is 11.8 Å². The van der Waals surface area contributed by atoms with Crippen molar-refractivity contribution >= 4 is 5.84 Å². The van der Waals surface area contributed by atoms with Gasteiger partial charge in [-0.05, 0) is 18.3 Å². The Labute approximate surface area is 84.9 Å². The molecule has 2 N–H and O–H groups in total. The highest BCUT2D eigenvalue weighted by atomic mass is 14.9. The van der Waals surface area contributed by atoms with Gasteiger partial charge in [0.2, 0.25) is 0 Å². The molecule has 0 amide bonds. The number of rotatable bonds is 3. The van der Waals surface area contributed by atoms with Crippen molar-refractivity contribution in [3.05, 3.63) is 35.9 Å². The van der Waals surface area contributed by atoms with E-state index in [4.69, 9.17) is 5.73 Å². The second-order valence-corrected chi connectivity index (χ2v) is 4.07. The number of aliphatic imine (C=N–C) groups is 1. The summed E-state index contributed by atoms with van der Waals surface area (Å²) in [5.74, 6) is 2.30. The summed E-state index contributed by atoms with van der Waals surface area (Å²) in [6.07, 6.45) is 1.31. The summed E-state index contributed by atoms with van der Waals surface area (Å²) in [5, 5.41) is 0. The first-order chi connectivity index (χ1) is 6.77. The van der Waals surface area contributed by atoms with Crippen molar-refractivity contribution in [2.75, 3.05) is 6.54 Å². The van der Waals surface area contributed by atoms with Gasteiger partial charge >= 0.3 is 0 Å². The fourth-order valence-electron chi connectivity index (χ4n) is 1.57. The quantitative estimate of drug-likeness (QED) is 0.572. The van der Waals surface area contributed by atoms with E-state index in [1.165, 1.54) is 6.42 Å². The largest absolute Gasteiger partial charge is 0.384 e. The van der Waals surface area contributed by atoms with Gasteiger partial charge in [-0.1, -0.05) is 37.3 Å². The first-order valence-corrected chi connectivity index (χ1v) is 5.12. The molecule has 2 nitrogen and oxygen atoms in total. The summed E-state index contributed by atoms with van der Waals surface area (Å²) >= 11 is 0. The molecule has 0 heterocycles. The third kappa shape index (κ3) is 2.13. The van der Waals surface area contributed by atoms with Crippen molar-refractivity contribution in [2.45, 2.75) is 13.3 Å². The van der Waals surface area contributed by atoms with E-state index < -0.39 is 0 Å². The van der Waals surface area contributed by atoms with Gasteiger partial charge < -0.3 is 5.73 Å². The van der Waals surface area contributed by atoms with Crippen LogP contribution >= 0.6 is 0 Å². The van der Waals surface area contributed by atoms with Crippen LogP contribution in [0.3, 0.4) is 0 Å². The number of hydrogen-bond acceptors (Lipinski definition) is 1. The van der Waals surface area contributed by atoms with E-state index in [1.807, 2.05) is 30.3 Å². The molecule has 1 fully saturated rings. The van der Waals surface area contributed by atoms with Crippen molar-refractivity contribution in [2.24, 2.45) is 22.6 Å². The van der Waals surface area contributed by atoms with Crippen molar-refractivity contribution in [1.29, 1.82) is 0 Å². The van der Waals surface area contributed by atoms with E-state index in [0.29, 0.717) is 5.84 Å². The molecule has 1 aliphatic rings. The molecule has 0 bridgehead atoms. The van der Waals surface area contributed by atoms with Crippen molar-refractivity contribution in [1.82, 2.24) is 0 Å². The van der Waals surface area contributed by atoms with Crippen LogP contribution in [-0.4, -0.2) is 12.4 Å². The molecule has 1 aromatic rings. The monoisotopic (exact) mass is 188 g/mol. The van der Waals surface area contributed by atoms with E-state index in [0.717, 1.165) is 23.9 Å². The number of benzene rings is 1. The Hall–Kier alpha value is -1.31. The minimum absolute atomic E-state index is 0.671. The third-order valence-electron chi connectivity index (χ3n) is 2.84. The fraction of sp³-hybridized carbons (Fsp3) is 0.417. The van der Waals surface area contributed by atoms with E-state index in [-0.39, 0.29) is 0 Å². The second kappa shape index (κ2) is 3.82. The van der Waals surface area contributed by atoms with Gasteiger partial charge in [0.25, 0.3) is 0 Å². The summed E-state index contributed by atoms with van der Waals surface area (Å²) in [4.78, 5) is 4.40. The van der Waals surface area contributed by atoms with E-state index in [2.05, 4.69) is 11.9 Å². The molecular formula is C12H16N2. The lowest BCUT2D eigenvalue weighted by molar-refractivity contribution is 0.761. The average Bonchev–Trinajstić information content (AvgIpc) is 2.92. The summed E-state index contributed by atoms with van der Waals surface area (Å²) in [7, 11) is 0. The lowest BCUT2D eigenvalue weighted by Crippen LogP contribution is -2.14. The maximum absolute atomic E-state index is 5.87. The second-order valence-electron chi connectivity index (χ2n) is 4.07. The number of hydrogen-bond donors (Lipinski definition) is 1. The maximum Gasteiger partial charge on any atom is 0.125 e. The van der Waals surface area contributed by atoms with Crippen LogP contribution in [0.25, 0.3) is 0 Å². The molecule has 1 saturated carbocycles. The summed E-state index contributed by atoms with van der Waals surface area (Å²) in [6.45, 7) is 3.15. The zero-order valence-electron chi connectivity index (χ0n) is 8.48. The standard InChI is InChI=1S/C12H16N2/c1-9-7-11(9)8-14-12(13)10-5-3-2-4-6-10/h2-6,9,11H,7-8H2,1H3,(H2,13,14). The topological polar surface area (TPSA) is 38.4 Å². The Morgan fingerprint density at radius 3 is 2.64 bits per heavy atom. The minimum Gasteiger partial charge on any atom is -0.384 e. The maximum atomic E-state index is 5.87. The van der Waals surface area contributed by atoms with Crippen LogP contribution < -0.4 is 5.73 Å². The number of nitrogens with two attached hydrogens (primary N) is 1. The first-order valence-electron chi connectivity index (χ1n) is 5.12. The molecule has 0 aromatic heterocycles. The molecule has 2 rings (SSSR count). The lowest BCUT2D eigenvalue weighted by atomic mass is 10.2. The first kappa shape index (κ1) is 9.25. The van der Waals surface area contributed by atoms with Gasteiger partial charge in [-0.2, -0.15) is 0 Å². The Balaban J connectivity index is 1.97. The van der Waals surface area contributed by atoms with Crippen LogP contribution in [0.15, 0.2) is 35.3 Å². The van der Waals surface area contributed by atoms with Gasteiger partial charge in [0.05, 0.1) is 0 Å². The van der Waals surface area contributed by atoms with Crippen LogP contribution in [-0.2, 0) is 0 Å². The Morgan fingerprint density at radius 1 is 1.43 bits per heavy atom.